The molecule has 2 saturated heterocycles. The third-order valence-corrected chi connectivity index (χ3v) is 5.36. The van der Waals surface area contributed by atoms with Gasteiger partial charge in [-0.3, -0.25) is 9.69 Å². The van der Waals surface area contributed by atoms with Crippen LogP contribution in [0, 0.1) is 5.41 Å². The Morgan fingerprint density at radius 1 is 1.11 bits per heavy atom. The van der Waals surface area contributed by atoms with Gasteiger partial charge in [-0.1, -0.05) is 6.42 Å². The van der Waals surface area contributed by atoms with Crippen LogP contribution in [0.15, 0.2) is 0 Å². The Morgan fingerprint density at radius 2 is 1.84 bits per heavy atom. The van der Waals surface area contributed by atoms with E-state index in [2.05, 4.69) is 4.90 Å². The third-order valence-electron chi connectivity index (χ3n) is 5.36. The second-order valence-corrected chi connectivity index (χ2v) is 6.67. The molecule has 1 N–H and O–H groups in total. The summed E-state index contributed by atoms with van der Waals surface area (Å²) in [5.74, 6) is 0.294. The maximum Gasteiger partial charge on any atom is 0.236 e. The standard InChI is InChI=1S/C15H26N2O2/c18-13-5-3-6-15(13)7-4-8-16(12-15)11-14(19)17-9-1-2-10-17/h13,18H,1-12H2/t13-,15+/m1/s1. The minimum Gasteiger partial charge on any atom is -0.393 e. The summed E-state index contributed by atoms with van der Waals surface area (Å²) in [6, 6.07) is 0. The molecule has 3 rings (SSSR count). The molecule has 4 heteroatoms. The molecule has 108 valence electrons. The van der Waals surface area contributed by atoms with E-state index in [0.717, 1.165) is 71.1 Å². The summed E-state index contributed by atoms with van der Waals surface area (Å²) in [6.45, 7) is 4.40. The van der Waals surface area contributed by atoms with Crippen molar-refractivity contribution < 1.29 is 9.90 Å². The first-order chi connectivity index (χ1) is 9.20. The third kappa shape index (κ3) is 2.65. The highest BCUT2D eigenvalue weighted by Crippen LogP contribution is 2.44. The number of carbonyl (C=O) groups is 1. The van der Waals surface area contributed by atoms with Gasteiger partial charge in [-0.2, -0.15) is 0 Å². The van der Waals surface area contributed by atoms with E-state index in [0.29, 0.717) is 12.5 Å². The second-order valence-electron chi connectivity index (χ2n) is 6.67. The first kappa shape index (κ1) is 13.4. The molecule has 0 aromatic carbocycles. The number of hydrogen-bond donors (Lipinski definition) is 1. The van der Waals surface area contributed by atoms with Crippen LogP contribution in [0.1, 0.15) is 44.9 Å². The zero-order valence-corrected chi connectivity index (χ0v) is 11.8. The van der Waals surface area contributed by atoms with Gasteiger partial charge >= 0.3 is 0 Å². The molecule has 2 heterocycles. The van der Waals surface area contributed by atoms with Gasteiger partial charge in [0.15, 0.2) is 0 Å². The van der Waals surface area contributed by atoms with Crippen LogP contribution < -0.4 is 0 Å². The molecule has 2 atom stereocenters. The number of carbonyl (C=O) groups excluding carboxylic acids is 1. The van der Waals surface area contributed by atoms with Gasteiger partial charge in [0.25, 0.3) is 0 Å². The second kappa shape index (κ2) is 5.41. The van der Waals surface area contributed by atoms with Crippen molar-refractivity contribution in [3.8, 4) is 0 Å². The van der Waals surface area contributed by atoms with Crippen LogP contribution in [0.3, 0.4) is 0 Å². The quantitative estimate of drug-likeness (QED) is 0.818. The highest BCUT2D eigenvalue weighted by Gasteiger charge is 2.44. The molecule has 2 aliphatic heterocycles. The van der Waals surface area contributed by atoms with E-state index in [1.54, 1.807) is 0 Å². The summed E-state index contributed by atoms with van der Waals surface area (Å²) in [7, 11) is 0. The average Bonchev–Trinajstić information content (AvgIpc) is 3.02. The number of amides is 1. The van der Waals surface area contributed by atoms with Crippen molar-refractivity contribution in [3.63, 3.8) is 0 Å². The number of nitrogens with zero attached hydrogens (tertiary/aromatic N) is 2. The summed E-state index contributed by atoms with van der Waals surface area (Å²) in [4.78, 5) is 16.5. The Kier molecular flexibility index (Phi) is 3.81. The van der Waals surface area contributed by atoms with Gasteiger partial charge in [-0.15, -0.1) is 0 Å². The number of likely N-dealkylation sites (tertiary alicyclic amines) is 2. The fourth-order valence-electron chi connectivity index (χ4n) is 4.25. The van der Waals surface area contributed by atoms with Gasteiger partial charge in [0.1, 0.15) is 0 Å². The first-order valence-electron chi connectivity index (χ1n) is 7.88. The molecule has 3 aliphatic rings. The molecule has 1 aliphatic carbocycles. The smallest absolute Gasteiger partial charge is 0.236 e. The number of aliphatic hydroxyl groups excluding tert-OH is 1. The molecule has 1 saturated carbocycles. The Bertz CT molecular complexity index is 341. The minimum absolute atomic E-state index is 0.101. The van der Waals surface area contributed by atoms with E-state index >= 15 is 0 Å². The molecule has 0 bridgehead atoms. The molecule has 0 aromatic rings. The van der Waals surface area contributed by atoms with Crippen LogP contribution in [0.25, 0.3) is 0 Å². The largest absolute Gasteiger partial charge is 0.393 e. The summed E-state index contributed by atoms with van der Waals surface area (Å²) in [5.41, 5.74) is 0.101. The molecule has 1 spiro atoms. The summed E-state index contributed by atoms with van der Waals surface area (Å²) < 4.78 is 0. The molecule has 4 nitrogen and oxygen atoms in total. The van der Waals surface area contributed by atoms with E-state index in [9.17, 15) is 9.90 Å². The van der Waals surface area contributed by atoms with Crippen LogP contribution in [0.4, 0.5) is 0 Å². The number of rotatable bonds is 2. The summed E-state index contributed by atoms with van der Waals surface area (Å²) in [6.07, 6.45) is 7.69. The van der Waals surface area contributed by atoms with Gasteiger partial charge in [-0.05, 0) is 45.1 Å². The highest BCUT2D eigenvalue weighted by molar-refractivity contribution is 5.78. The molecule has 0 radical (unpaired) electrons. The molecule has 19 heavy (non-hydrogen) atoms. The monoisotopic (exact) mass is 266 g/mol. The molecule has 1 amide bonds. The lowest BCUT2D eigenvalue weighted by molar-refractivity contribution is -0.132. The lowest BCUT2D eigenvalue weighted by Gasteiger charge is -2.42. The Morgan fingerprint density at radius 3 is 2.53 bits per heavy atom. The lowest BCUT2D eigenvalue weighted by Crippen LogP contribution is -2.50. The van der Waals surface area contributed by atoms with E-state index in [1.807, 2.05) is 4.90 Å². The average molecular weight is 266 g/mol. The fourth-order valence-corrected chi connectivity index (χ4v) is 4.25. The topological polar surface area (TPSA) is 43.8 Å². The summed E-state index contributed by atoms with van der Waals surface area (Å²) in [5, 5.41) is 10.2. The Hall–Kier alpha value is -0.610. The van der Waals surface area contributed by atoms with Crippen LogP contribution in [0.2, 0.25) is 0 Å². The van der Waals surface area contributed by atoms with Crippen molar-refractivity contribution in [3.05, 3.63) is 0 Å². The Balaban J connectivity index is 1.57. The van der Waals surface area contributed by atoms with Gasteiger partial charge < -0.3 is 10.0 Å². The molecular formula is C15H26N2O2. The maximum absolute atomic E-state index is 12.2. The number of aliphatic hydroxyl groups is 1. The van der Waals surface area contributed by atoms with Crippen molar-refractivity contribution in [2.24, 2.45) is 5.41 Å². The van der Waals surface area contributed by atoms with Crippen molar-refractivity contribution in [2.45, 2.75) is 51.0 Å². The number of piperidine rings is 1. The SMILES string of the molecule is O=C(CN1CCC[C@@]2(CCC[C@H]2O)C1)N1CCCC1. The van der Waals surface area contributed by atoms with Gasteiger partial charge in [0.2, 0.25) is 5.91 Å². The predicted molar refractivity (Wildman–Crippen MR) is 73.8 cm³/mol. The van der Waals surface area contributed by atoms with Crippen molar-refractivity contribution in [1.82, 2.24) is 9.80 Å². The van der Waals surface area contributed by atoms with Crippen molar-refractivity contribution in [2.75, 3.05) is 32.7 Å². The van der Waals surface area contributed by atoms with E-state index < -0.39 is 0 Å². The zero-order valence-electron chi connectivity index (χ0n) is 11.8. The van der Waals surface area contributed by atoms with E-state index in [4.69, 9.17) is 0 Å². The van der Waals surface area contributed by atoms with Crippen LogP contribution in [-0.4, -0.2) is 59.6 Å². The van der Waals surface area contributed by atoms with Crippen molar-refractivity contribution >= 4 is 5.91 Å². The molecule has 0 aromatic heterocycles. The maximum atomic E-state index is 12.2. The van der Waals surface area contributed by atoms with Gasteiger partial charge in [-0.25, -0.2) is 0 Å². The van der Waals surface area contributed by atoms with Crippen molar-refractivity contribution in [1.29, 1.82) is 0 Å². The van der Waals surface area contributed by atoms with Crippen LogP contribution >= 0.6 is 0 Å². The van der Waals surface area contributed by atoms with Crippen LogP contribution in [-0.2, 0) is 4.79 Å². The normalized spacial score (nSPS) is 36.3. The minimum atomic E-state index is -0.141. The highest BCUT2D eigenvalue weighted by atomic mass is 16.3. The molecule has 0 unspecified atom stereocenters. The molecular weight excluding hydrogens is 240 g/mol. The van der Waals surface area contributed by atoms with E-state index in [1.165, 1.54) is 0 Å². The Labute approximate surface area is 115 Å². The van der Waals surface area contributed by atoms with Gasteiger partial charge in [0.05, 0.1) is 12.6 Å². The van der Waals surface area contributed by atoms with Gasteiger partial charge in [0, 0.05) is 25.0 Å². The summed E-state index contributed by atoms with van der Waals surface area (Å²) >= 11 is 0. The first-order valence-corrected chi connectivity index (χ1v) is 7.88. The lowest BCUT2D eigenvalue weighted by atomic mass is 9.77. The molecule has 3 fully saturated rings. The van der Waals surface area contributed by atoms with Crippen LogP contribution in [0.5, 0.6) is 0 Å². The number of hydrogen-bond acceptors (Lipinski definition) is 3. The zero-order chi connectivity index (χ0) is 13.3. The fraction of sp³-hybridized carbons (Fsp3) is 0.933. The predicted octanol–water partition coefficient (Wildman–Crippen LogP) is 1.24. The van der Waals surface area contributed by atoms with E-state index in [-0.39, 0.29) is 11.5 Å².